The predicted octanol–water partition coefficient (Wildman–Crippen LogP) is 6.43. The first-order valence-electron chi connectivity index (χ1n) is 8.45. The van der Waals surface area contributed by atoms with Crippen LogP contribution in [0.3, 0.4) is 0 Å². The highest BCUT2D eigenvalue weighted by Crippen LogP contribution is 2.32. The van der Waals surface area contributed by atoms with Gasteiger partial charge in [-0.1, -0.05) is 92.2 Å². The maximum Gasteiger partial charge on any atom is 0.138 e. The Morgan fingerprint density at radius 3 is 1.71 bits per heavy atom. The van der Waals surface area contributed by atoms with Crippen molar-refractivity contribution in [2.45, 2.75) is 19.8 Å². The van der Waals surface area contributed by atoms with E-state index in [1.807, 2.05) is 42.5 Å². The largest absolute Gasteiger partial charge is 0.456 e. The molecule has 1 heteroatoms. The molecule has 0 aliphatic rings. The number of hydrogen-bond donors (Lipinski definition) is 0. The summed E-state index contributed by atoms with van der Waals surface area (Å²) in [6.45, 7) is 2.20. The minimum Gasteiger partial charge on any atom is -0.456 e. The zero-order chi connectivity index (χ0) is 16.6. The molecule has 0 spiro atoms. The van der Waals surface area contributed by atoms with Gasteiger partial charge in [0.2, 0.25) is 0 Å². The van der Waals surface area contributed by atoms with E-state index in [2.05, 4.69) is 55.5 Å². The summed E-state index contributed by atoms with van der Waals surface area (Å²) >= 11 is 0. The lowest BCUT2D eigenvalue weighted by Gasteiger charge is -2.17. The Kier molecular flexibility index (Phi) is 5.47. The van der Waals surface area contributed by atoms with Crippen molar-refractivity contribution in [1.29, 1.82) is 0 Å². The van der Waals surface area contributed by atoms with Crippen LogP contribution in [0.4, 0.5) is 0 Å². The van der Waals surface area contributed by atoms with Gasteiger partial charge in [-0.3, -0.25) is 0 Å². The van der Waals surface area contributed by atoms with E-state index in [1.165, 1.54) is 11.1 Å². The molecule has 0 saturated heterocycles. The molecule has 0 bridgehead atoms. The Morgan fingerprint density at radius 1 is 0.667 bits per heavy atom. The first-order valence-corrected chi connectivity index (χ1v) is 8.45. The number of benzene rings is 3. The number of para-hydroxylation sites is 1. The third kappa shape index (κ3) is 3.94. The molecule has 0 amide bonds. The van der Waals surface area contributed by atoms with E-state index < -0.39 is 0 Å². The standard InChI is InChI=1S/C23H22O/c1-2-12-22(19-13-6-3-7-14-19)23(20-15-8-4-9-16-20)24-21-17-10-5-11-18-21/h3-11,13-18H,2,12H2,1H3. The average Bonchev–Trinajstić information content (AvgIpc) is 2.67. The van der Waals surface area contributed by atoms with E-state index in [4.69, 9.17) is 4.74 Å². The molecule has 0 aliphatic carbocycles. The van der Waals surface area contributed by atoms with Gasteiger partial charge in [0.05, 0.1) is 0 Å². The van der Waals surface area contributed by atoms with Gasteiger partial charge in [-0.2, -0.15) is 0 Å². The summed E-state index contributed by atoms with van der Waals surface area (Å²) in [6.07, 6.45) is 2.04. The molecular weight excluding hydrogens is 292 g/mol. The van der Waals surface area contributed by atoms with Crippen molar-refractivity contribution in [3.8, 4) is 5.75 Å². The number of ether oxygens (including phenoxy) is 1. The van der Waals surface area contributed by atoms with Crippen LogP contribution >= 0.6 is 0 Å². The van der Waals surface area contributed by atoms with Gasteiger partial charge >= 0.3 is 0 Å². The molecule has 0 heterocycles. The van der Waals surface area contributed by atoms with Crippen LogP contribution in [0.5, 0.6) is 5.75 Å². The fourth-order valence-corrected chi connectivity index (χ4v) is 2.77. The van der Waals surface area contributed by atoms with Crippen molar-refractivity contribution in [2.24, 2.45) is 0 Å². The highest BCUT2D eigenvalue weighted by molar-refractivity contribution is 5.88. The number of rotatable bonds is 6. The third-order valence-electron chi connectivity index (χ3n) is 3.90. The monoisotopic (exact) mass is 314 g/mol. The molecule has 1 nitrogen and oxygen atoms in total. The first-order chi connectivity index (χ1) is 11.9. The molecule has 0 radical (unpaired) electrons. The topological polar surface area (TPSA) is 9.23 Å². The highest BCUT2D eigenvalue weighted by Gasteiger charge is 2.13. The Labute approximate surface area is 144 Å². The number of allylic oxidation sites excluding steroid dienone is 1. The fraction of sp³-hybridized carbons (Fsp3) is 0.130. The van der Waals surface area contributed by atoms with Crippen molar-refractivity contribution in [2.75, 3.05) is 0 Å². The second-order valence-electron chi connectivity index (χ2n) is 5.70. The van der Waals surface area contributed by atoms with E-state index in [0.29, 0.717) is 0 Å². The Balaban J connectivity index is 2.13. The summed E-state index contributed by atoms with van der Waals surface area (Å²) in [5.74, 6) is 1.80. The lowest BCUT2D eigenvalue weighted by Crippen LogP contribution is -2.00. The van der Waals surface area contributed by atoms with Gasteiger partial charge in [-0.15, -0.1) is 0 Å². The van der Waals surface area contributed by atoms with Crippen LogP contribution in [0.1, 0.15) is 30.9 Å². The van der Waals surface area contributed by atoms with E-state index in [1.54, 1.807) is 0 Å². The summed E-state index contributed by atoms with van der Waals surface area (Å²) in [4.78, 5) is 0. The molecule has 3 aromatic carbocycles. The summed E-state index contributed by atoms with van der Waals surface area (Å²) < 4.78 is 6.35. The molecule has 0 N–H and O–H groups in total. The molecule has 0 saturated carbocycles. The lowest BCUT2D eigenvalue weighted by atomic mass is 9.97. The fourth-order valence-electron chi connectivity index (χ4n) is 2.77. The normalized spacial score (nSPS) is 11.7. The lowest BCUT2D eigenvalue weighted by molar-refractivity contribution is 0.515. The summed E-state index contributed by atoms with van der Waals surface area (Å²) in [7, 11) is 0. The second-order valence-corrected chi connectivity index (χ2v) is 5.70. The van der Waals surface area contributed by atoms with Crippen LogP contribution < -0.4 is 4.74 Å². The van der Waals surface area contributed by atoms with Crippen LogP contribution in [0.2, 0.25) is 0 Å². The van der Waals surface area contributed by atoms with Gasteiger partial charge < -0.3 is 4.74 Å². The van der Waals surface area contributed by atoms with Crippen LogP contribution in [-0.2, 0) is 0 Å². The molecule has 0 aliphatic heterocycles. The summed E-state index contributed by atoms with van der Waals surface area (Å²) in [5.41, 5.74) is 3.57. The van der Waals surface area contributed by atoms with Gasteiger partial charge in [-0.25, -0.2) is 0 Å². The Bertz CT molecular complexity index is 774. The third-order valence-corrected chi connectivity index (χ3v) is 3.90. The molecule has 0 aromatic heterocycles. The zero-order valence-corrected chi connectivity index (χ0v) is 14.0. The predicted molar refractivity (Wildman–Crippen MR) is 102 cm³/mol. The number of hydrogen-bond acceptors (Lipinski definition) is 1. The van der Waals surface area contributed by atoms with Gasteiger partial charge in [0.25, 0.3) is 0 Å². The molecule has 0 fully saturated rings. The van der Waals surface area contributed by atoms with Gasteiger partial charge in [0.1, 0.15) is 11.5 Å². The smallest absolute Gasteiger partial charge is 0.138 e. The van der Waals surface area contributed by atoms with E-state index in [0.717, 1.165) is 29.9 Å². The van der Waals surface area contributed by atoms with Crippen LogP contribution in [0.15, 0.2) is 91.0 Å². The van der Waals surface area contributed by atoms with Crippen molar-refractivity contribution in [3.63, 3.8) is 0 Å². The SMILES string of the molecule is CCCC(=C(Oc1ccccc1)c1ccccc1)c1ccccc1. The van der Waals surface area contributed by atoms with E-state index in [-0.39, 0.29) is 0 Å². The molecule has 120 valence electrons. The molecule has 3 aromatic rings. The minimum atomic E-state index is 0.862. The quantitative estimate of drug-likeness (QED) is 0.376. The van der Waals surface area contributed by atoms with Crippen molar-refractivity contribution < 1.29 is 4.74 Å². The van der Waals surface area contributed by atoms with Gasteiger partial charge in [0, 0.05) is 11.1 Å². The first kappa shape index (κ1) is 16.1. The summed E-state index contributed by atoms with van der Waals surface area (Å²) in [6, 6.07) is 30.9. The molecule has 0 atom stereocenters. The van der Waals surface area contributed by atoms with Gasteiger partial charge in [0.15, 0.2) is 0 Å². The van der Waals surface area contributed by atoms with Crippen molar-refractivity contribution in [3.05, 3.63) is 102 Å². The van der Waals surface area contributed by atoms with Crippen molar-refractivity contribution >= 4 is 11.3 Å². The maximum atomic E-state index is 6.35. The highest BCUT2D eigenvalue weighted by atomic mass is 16.5. The van der Waals surface area contributed by atoms with Crippen LogP contribution in [0.25, 0.3) is 11.3 Å². The van der Waals surface area contributed by atoms with Crippen LogP contribution in [-0.4, -0.2) is 0 Å². The molecule has 3 rings (SSSR count). The van der Waals surface area contributed by atoms with Crippen LogP contribution in [0, 0.1) is 0 Å². The molecular formula is C23H22O. The molecule has 24 heavy (non-hydrogen) atoms. The Hall–Kier alpha value is -2.80. The summed E-state index contributed by atoms with van der Waals surface area (Å²) in [5, 5.41) is 0. The second kappa shape index (κ2) is 8.16. The van der Waals surface area contributed by atoms with E-state index >= 15 is 0 Å². The zero-order valence-electron chi connectivity index (χ0n) is 14.0. The van der Waals surface area contributed by atoms with Gasteiger partial charge in [-0.05, 0) is 24.1 Å². The van der Waals surface area contributed by atoms with Crippen molar-refractivity contribution in [1.82, 2.24) is 0 Å². The molecule has 0 unspecified atom stereocenters. The maximum absolute atomic E-state index is 6.35. The minimum absolute atomic E-state index is 0.862. The van der Waals surface area contributed by atoms with E-state index in [9.17, 15) is 0 Å². The Morgan fingerprint density at radius 2 is 1.17 bits per heavy atom. The average molecular weight is 314 g/mol.